The minimum absolute atomic E-state index is 0.179. The Morgan fingerprint density at radius 3 is 2.75 bits per heavy atom. The summed E-state index contributed by atoms with van der Waals surface area (Å²) < 4.78 is 0. The number of hydrogen-bond donors (Lipinski definition) is 1. The molecule has 1 amide bonds. The first kappa shape index (κ1) is 16.6. The topological polar surface area (TPSA) is 62.5 Å². The molecule has 0 saturated heterocycles. The zero-order valence-electron chi connectivity index (χ0n) is 12.6. The van der Waals surface area contributed by atoms with E-state index in [0.717, 1.165) is 38.3 Å². The highest BCUT2D eigenvalue weighted by molar-refractivity contribution is 5.76. The molecule has 0 unspecified atom stereocenters. The van der Waals surface area contributed by atoms with Crippen molar-refractivity contribution in [3.63, 3.8) is 0 Å². The number of pyridine rings is 1. The van der Waals surface area contributed by atoms with E-state index in [2.05, 4.69) is 16.8 Å². The Hall–Kier alpha value is -1.46. The van der Waals surface area contributed by atoms with Gasteiger partial charge in [-0.25, -0.2) is 0 Å². The molecule has 1 aromatic heterocycles. The third-order valence-electron chi connectivity index (χ3n) is 3.32. The van der Waals surface area contributed by atoms with Crippen molar-refractivity contribution in [3.05, 3.63) is 30.1 Å². The summed E-state index contributed by atoms with van der Waals surface area (Å²) in [6.07, 6.45) is 3.20. The number of rotatable bonds is 9. The Morgan fingerprint density at radius 2 is 2.15 bits per heavy atom. The smallest absolute Gasteiger partial charge is 0.223 e. The first-order chi connectivity index (χ1) is 9.67. The van der Waals surface area contributed by atoms with E-state index in [1.807, 2.05) is 25.2 Å². The van der Waals surface area contributed by atoms with Gasteiger partial charge in [-0.05, 0) is 31.6 Å². The van der Waals surface area contributed by atoms with Crippen molar-refractivity contribution in [1.82, 2.24) is 14.8 Å². The number of amides is 1. The van der Waals surface area contributed by atoms with Gasteiger partial charge in [0.05, 0.1) is 5.69 Å². The van der Waals surface area contributed by atoms with Crippen LogP contribution in [0.4, 0.5) is 0 Å². The summed E-state index contributed by atoms with van der Waals surface area (Å²) in [5, 5.41) is 0. The molecule has 2 N–H and O–H groups in total. The maximum Gasteiger partial charge on any atom is 0.223 e. The Bertz CT molecular complexity index is 383. The summed E-state index contributed by atoms with van der Waals surface area (Å²) in [5.41, 5.74) is 6.49. The predicted octanol–water partition coefficient (Wildman–Crippen LogP) is 1.10. The van der Waals surface area contributed by atoms with Crippen molar-refractivity contribution in [2.45, 2.75) is 26.3 Å². The third kappa shape index (κ3) is 6.12. The molecule has 0 aliphatic rings. The standard InChI is InChI=1S/C15H26N4O/c1-3-19(13-14-7-4-5-10-17-14)12-8-15(20)18(2)11-6-9-16/h4-5,7,10H,3,6,8-9,11-13,16H2,1-2H3. The minimum Gasteiger partial charge on any atom is -0.346 e. The Balaban J connectivity index is 2.35. The van der Waals surface area contributed by atoms with Crippen LogP contribution in [0.25, 0.3) is 0 Å². The predicted molar refractivity (Wildman–Crippen MR) is 81.1 cm³/mol. The molecule has 0 bridgehead atoms. The van der Waals surface area contributed by atoms with E-state index >= 15 is 0 Å². The maximum absolute atomic E-state index is 12.0. The van der Waals surface area contributed by atoms with Gasteiger partial charge in [0.25, 0.3) is 0 Å². The molecular formula is C15H26N4O. The Kier molecular flexibility index (Phi) is 7.84. The van der Waals surface area contributed by atoms with Crippen LogP contribution in [0.2, 0.25) is 0 Å². The molecule has 112 valence electrons. The summed E-state index contributed by atoms with van der Waals surface area (Å²) in [6.45, 7) is 5.93. The van der Waals surface area contributed by atoms with Gasteiger partial charge in [0.15, 0.2) is 0 Å². The molecule has 1 heterocycles. The van der Waals surface area contributed by atoms with Crippen molar-refractivity contribution in [2.24, 2.45) is 5.73 Å². The van der Waals surface area contributed by atoms with Crippen LogP contribution < -0.4 is 5.73 Å². The van der Waals surface area contributed by atoms with Gasteiger partial charge < -0.3 is 10.6 Å². The molecule has 5 heteroatoms. The molecule has 1 rings (SSSR count). The average Bonchev–Trinajstić information content (AvgIpc) is 2.49. The zero-order chi connectivity index (χ0) is 14.8. The third-order valence-corrected chi connectivity index (χ3v) is 3.32. The van der Waals surface area contributed by atoms with E-state index in [-0.39, 0.29) is 5.91 Å². The fraction of sp³-hybridized carbons (Fsp3) is 0.600. The van der Waals surface area contributed by atoms with Crippen molar-refractivity contribution < 1.29 is 4.79 Å². The second-order valence-corrected chi connectivity index (χ2v) is 4.90. The van der Waals surface area contributed by atoms with Crippen LogP contribution in [0, 0.1) is 0 Å². The second-order valence-electron chi connectivity index (χ2n) is 4.90. The van der Waals surface area contributed by atoms with Crippen LogP contribution in [0.1, 0.15) is 25.5 Å². The number of nitrogens with zero attached hydrogens (tertiary/aromatic N) is 3. The fourth-order valence-electron chi connectivity index (χ4n) is 1.97. The highest BCUT2D eigenvalue weighted by Crippen LogP contribution is 2.03. The lowest BCUT2D eigenvalue weighted by atomic mass is 10.3. The number of hydrogen-bond acceptors (Lipinski definition) is 4. The summed E-state index contributed by atoms with van der Waals surface area (Å²) >= 11 is 0. The van der Waals surface area contributed by atoms with Crippen molar-refractivity contribution >= 4 is 5.91 Å². The number of aromatic nitrogens is 1. The fourth-order valence-corrected chi connectivity index (χ4v) is 1.97. The molecule has 0 aliphatic heterocycles. The van der Waals surface area contributed by atoms with E-state index in [1.165, 1.54) is 0 Å². The van der Waals surface area contributed by atoms with Gasteiger partial charge in [0.2, 0.25) is 5.91 Å². The molecule has 0 aromatic carbocycles. The van der Waals surface area contributed by atoms with Gasteiger partial charge in [-0.15, -0.1) is 0 Å². The molecule has 5 nitrogen and oxygen atoms in total. The van der Waals surface area contributed by atoms with E-state index in [9.17, 15) is 4.79 Å². The Labute approximate surface area is 121 Å². The summed E-state index contributed by atoms with van der Waals surface area (Å²) in [6, 6.07) is 5.91. The molecule has 0 spiro atoms. The van der Waals surface area contributed by atoms with Gasteiger partial charge in [-0.1, -0.05) is 13.0 Å². The maximum atomic E-state index is 12.0. The lowest BCUT2D eigenvalue weighted by Gasteiger charge is -2.22. The van der Waals surface area contributed by atoms with Crippen molar-refractivity contribution in [1.29, 1.82) is 0 Å². The minimum atomic E-state index is 0.179. The average molecular weight is 278 g/mol. The van der Waals surface area contributed by atoms with Gasteiger partial charge in [-0.3, -0.25) is 14.7 Å². The van der Waals surface area contributed by atoms with Crippen LogP contribution >= 0.6 is 0 Å². The molecule has 0 radical (unpaired) electrons. The van der Waals surface area contributed by atoms with Gasteiger partial charge in [-0.2, -0.15) is 0 Å². The lowest BCUT2D eigenvalue weighted by Crippen LogP contribution is -2.33. The van der Waals surface area contributed by atoms with Crippen molar-refractivity contribution in [2.75, 3.05) is 33.2 Å². The Morgan fingerprint density at radius 1 is 1.35 bits per heavy atom. The molecule has 1 aromatic rings. The first-order valence-corrected chi connectivity index (χ1v) is 7.23. The number of nitrogens with two attached hydrogens (primary N) is 1. The molecule has 0 aliphatic carbocycles. The second kappa shape index (κ2) is 9.44. The zero-order valence-corrected chi connectivity index (χ0v) is 12.6. The lowest BCUT2D eigenvalue weighted by molar-refractivity contribution is -0.130. The van der Waals surface area contributed by atoms with E-state index < -0.39 is 0 Å². The molecular weight excluding hydrogens is 252 g/mol. The molecule has 0 fully saturated rings. The van der Waals surface area contributed by atoms with Gasteiger partial charge in [0.1, 0.15) is 0 Å². The van der Waals surface area contributed by atoms with Crippen LogP contribution in [-0.2, 0) is 11.3 Å². The first-order valence-electron chi connectivity index (χ1n) is 7.23. The normalized spacial score (nSPS) is 10.8. The van der Waals surface area contributed by atoms with Crippen LogP contribution in [-0.4, -0.2) is 53.9 Å². The van der Waals surface area contributed by atoms with Gasteiger partial charge in [0, 0.05) is 39.3 Å². The van der Waals surface area contributed by atoms with Crippen LogP contribution in [0.15, 0.2) is 24.4 Å². The summed E-state index contributed by atoms with van der Waals surface area (Å²) in [7, 11) is 1.84. The number of carbonyl (C=O) groups excluding carboxylic acids is 1. The van der Waals surface area contributed by atoms with Crippen LogP contribution in [0.3, 0.4) is 0 Å². The molecule has 0 atom stereocenters. The molecule has 0 saturated carbocycles. The van der Waals surface area contributed by atoms with Gasteiger partial charge >= 0.3 is 0 Å². The van der Waals surface area contributed by atoms with E-state index in [1.54, 1.807) is 11.1 Å². The number of carbonyl (C=O) groups is 1. The van der Waals surface area contributed by atoms with Crippen LogP contribution in [0.5, 0.6) is 0 Å². The highest BCUT2D eigenvalue weighted by atomic mass is 16.2. The van der Waals surface area contributed by atoms with E-state index in [0.29, 0.717) is 13.0 Å². The summed E-state index contributed by atoms with van der Waals surface area (Å²) in [5.74, 6) is 0.179. The van der Waals surface area contributed by atoms with E-state index in [4.69, 9.17) is 5.73 Å². The quantitative estimate of drug-likeness (QED) is 0.735. The van der Waals surface area contributed by atoms with Crippen molar-refractivity contribution in [3.8, 4) is 0 Å². The molecule has 20 heavy (non-hydrogen) atoms. The largest absolute Gasteiger partial charge is 0.346 e. The summed E-state index contributed by atoms with van der Waals surface area (Å²) in [4.78, 5) is 20.3. The highest BCUT2D eigenvalue weighted by Gasteiger charge is 2.11. The monoisotopic (exact) mass is 278 g/mol. The SMILES string of the molecule is CCN(CCC(=O)N(C)CCCN)Cc1ccccn1.